The maximum Gasteiger partial charge on any atom is 0.317 e. The zero-order valence-electron chi connectivity index (χ0n) is 9.92. The van der Waals surface area contributed by atoms with Crippen molar-refractivity contribution in [3.05, 3.63) is 11.7 Å². The Morgan fingerprint density at radius 1 is 1.56 bits per heavy atom. The Balaban J connectivity index is 1.69. The van der Waals surface area contributed by atoms with Crippen LogP contribution in [0.2, 0.25) is 0 Å². The Labute approximate surface area is 103 Å². The second kappa shape index (κ2) is 5.03. The second-order valence-corrected chi connectivity index (χ2v) is 4.26. The van der Waals surface area contributed by atoms with Crippen LogP contribution in [0, 0.1) is 12.8 Å². The summed E-state index contributed by atoms with van der Waals surface area (Å²) in [5.41, 5.74) is 0. The lowest BCUT2D eigenvalue weighted by Gasteiger charge is -2.38. The standard InChI is InChI=1S/C10H14N4O4/c1-6-12-8(18-13-6)3-11-10(17)14-4-7(5-14)2-9(15)16/h7H,2-5H2,1H3,(H,11,17)(H,15,16). The predicted molar refractivity (Wildman–Crippen MR) is 58.6 cm³/mol. The van der Waals surface area contributed by atoms with Crippen molar-refractivity contribution in [1.82, 2.24) is 20.4 Å². The van der Waals surface area contributed by atoms with Crippen LogP contribution in [0.1, 0.15) is 18.1 Å². The van der Waals surface area contributed by atoms with Crippen molar-refractivity contribution < 1.29 is 19.2 Å². The molecule has 8 nitrogen and oxygen atoms in total. The number of urea groups is 1. The maximum absolute atomic E-state index is 11.6. The van der Waals surface area contributed by atoms with Crippen molar-refractivity contribution in [2.24, 2.45) is 5.92 Å². The van der Waals surface area contributed by atoms with E-state index in [1.54, 1.807) is 11.8 Å². The van der Waals surface area contributed by atoms with E-state index >= 15 is 0 Å². The molecule has 1 aromatic rings. The third-order valence-electron chi connectivity index (χ3n) is 2.67. The molecule has 0 radical (unpaired) electrons. The Hall–Kier alpha value is -2.12. The van der Waals surface area contributed by atoms with E-state index in [9.17, 15) is 9.59 Å². The molecule has 0 aromatic carbocycles. The summed E-state index contributed by atoms with van der Waals surface area (Å²) >= 11 is 0. The second-order valence-electron chi connectivity index (χ2n) is 4.26. The molecule has 0 unspecified atom stereocenters. The average molecular weight is 254 g/mol. The van der Waals surface area contributed by atoms with Crippen molar-refractivity contribution >= 4 is 12.0 Å². The van der Waals surface area contributed by atoms with Crippen LogP contribution in [-0.2, 0) is 11.3 Å². The van der Waals surface area contributed by atoms with E-state index in [1.807, 2.05) is 0 Å². The SMILES string of the molecule is Cc1noc(CNC(=O)N2CC(CC(=O)O)C2)n1. The Bertz CT molecular complexity index is 452. The van der Waals surface area contributed by atoms with Gasteiger partial charge in [-0.15, -0.1) is 0 Å². The van der Waals surface area contributed by atoms with E-state index in [-0.39, 0.29) is 24.9 Å². The molecule has 1 fully saturated rings. The van der Waals surface area contributed by atoms with Crippen LogP contribution in [0.3, 0.4) is 0 Å². The number of nitrogens with zero attached hydrogens (tertiary/aromatic N) is 3. The van der Waals surface area contributed by atoms with Crippen molar-refractivity contribution in [3.8, 4) is 0 Å². The number of hydrogen-bond acceptors (Lipinski definition) is 5. The van der Waals surface area contributed by atoms with Crippen LogP contribution in [-0.4, -0.2) is 45.2 Å². The number of nitrogens with one attached hydrogen (secondary N) is 1. The minimum absolute atomic E-state index is 0.0545. The third-order valence-corrected chi connectivity index (χ3v) is 2.67. The Morgan fingerprint density at radius 2 is 2.28 bits per heavy atom. The van der Waals surface area contributed by atoms with Crippen molar-refractivity contribution in [2.75, 3.05) is 13.1 Å². The van der Waals surface area contributed by atoms with E-state index in [0.29, 0.717) is 24.8 Å². The molecule has 98 valence electrons. The first-order valence-corrected chi connectivity index (χ1v) is 5.58. The van der Waals surface area contributed by atoms with Gasteiger partial charge in [0.1, 0.15) is 0 Å². The lowest BCUT2D eigenvalue weighted by Crippen LogP contribution is -2.54. The van der Waals surface area contributed by atoms with Crippen LogP contribution in [0.4, 0.5) is 4.79 Å². The first kappa shape index (κ1) is 12.3. The molecule has 0 atom stereocenters. The van der Waals surface area contributed by atoms with Gasteiger partial charge in [-0.05, 0) is 6.92 Å². The molecule has 2 heterocycles. The number of carbonyl (C=O) groups is 2. The summed E-state index contributed by atoms with van der Waals surface area (Å²) in [6, 6.07) is -0.243. The zero-order valence-corrected chi connectivity index (χ0v) is 9.92. The molecule has 2 rings (SSSR count). The first-order valence-electron chi connectivity index (χ1n) is 5.58. The van der Waals surface area contributed by atoms with E-state index in [4.69, 9.17) is 9.63 Å². The highest BCUT2D eigenvalue weighted by molar-refractivity contribution is 5.75. The fourth-order valence-electron chi connectivity index (χ4n) is 1.79. The van der Waals surface area contributed by atoms with Gasteiger partial charge in [-0.1, -0.05) is 5.16 Å². The predicted octanol–water partition coefficient (Wildman–Crippen LogP) is -0.00588. The fraction of sp³-hybridized carbons (Fsp3) is 0.600. The molecule has 0 aliphatic carbocycles. The summed E-state index contributed by atoms with van der Waals surface area (Å²) < 4.78 is 4.85. The highest BCUT2D eigenvalue weighted by Gasteiger charge is 2.31. The highest BCUT2D eigenvalue weighted by atomic mass is 16.5. The summed E-state index contributed by atoms with van der Waals surface area (Å²) in [7, 11) is 0. The molecular weight excluding hydrogens is 240 g/mol. The normalized spacial score (nSPS) is 15.3. The van der Waals surface area contributed by atoms with Gasteiger partial charge in [-0.2, -0.15) is 4.98 Å². The third kappa shape index (κ3) is 2.96. The van der Waals surface area contributed by atoms with Crippen molar-refractivity contribution in [3.63, 3.8) is 0 Å². The van der Waals surface area contributed by atoms with E-state index in [1.165, 1.54) is 0 Å². The number of aryl methyl sites for hydroxylation is 1. The van der Waals surface area contributed by atoms with Gasteiger partial charge in [0.25, 0.3) is 0 Å². The summed E-state index contributed by atoms with van der Waals surface area (Å²) in [4.78, 5) is 27.6. The van der Waals surface area contributed by atoms with Crippen LogP contribution >= 0.6 is 0 Å². The van der Waals surface area contributed by atoms with Gasteiger partial charge >= 0.3 is 12.0 Å². The molecule has 2 amide bonds. The van der Waals surface area contributed by atoms with Crippen molar-refractivity contribution in [2.45, 2.75) is 19.9 Å². The number of likely N-dealkylation sites (tertiary alicyclic amines) is 1. The van der Waals surface area contributed by atoms with Crippen LogP contribution in [0.15, 0.2) is 4.52 Å². The summed E-state index contributed by atoms with van der Waals surface area (Å²) in [6.07, 6.45) is 0.104. The number of carbonyl (C=O) groups excluding carboxylic acids is 1. The van der Waals surface area contributed by atoms with E-state index < -0.39 is 5.97 Å². The van der Waals surface area contributed by atoms with E-state index in [0.717, 1.165) is 0 Å². The number of amides is 2. The van der Waals surface area contributed by atoms with Crippen molar-refractivity contribution in [1.29, 1.82) is 0 Å². The molecular formula is C10H14N4O4. The number of carboxylic acids is 1. The number of rotatable bonds is 4. The maximum atomic E-state index is 11.6. The largest absolute Gasteiger partial charge is 0.481 e. The van der Waals surface area contributed by atoms with Gasteiger partial charge in [0.2, 0.25) is 5.89 Å². The summed E-state index contributed by atoms with van der Waals surface area (Å²) in [6.45, 7) is 2.82. The molecule has 2 N–H and O–H groups in total. The van der Waals surface area contributed by atoms with Gasteiger partial charge in [-0.3, -0.25) is 4.79 Å². The molecule has 1 aromatic heterocycles. The van der Waals surface area contributed by atoms with Crippen LogP contribution < -0.4 is 5.32 Å². The number of aromatic nitrogens is 2. The molecule has 18 heavy (non-hydrogen) atoms. The molecule has 0 bridgehead atoms. The minimum Gasteiger partial charge on any atom is -0.481 e. The molecule has 1 aliphatic rings. The van der Waals surface area contributed by atoms with Gasteiger partial charge in [0, 0.05) is 19.0 Å². The lowest BCUT2D eigenvalue weighted by molar-refractivity contribution is -0.139. The lowest BCUT2D eigenvalue weighted by atomic mass is 9.97. The Morgan fingerprint density at radius 3 is 2.83 bits per heavy atom. The fourth-order valence-corrected chi connectivity index (χ4v) is 1.79. The summed E-state index contributed by atoms with van der Waals surface area (Å²) in [5, 5.41) is 14.8. The molecule has 1 saturated heterocycles. The molecule has 1 aliphatic heterocycles. The molecule has 0 saturated carbocycles. The number of hydrogen-bond donors (Lipinski definition) is 2. The number of aliphatic carboxylic acids is 1. The summed E-state index contributed by atoms with van der Waals surface area (Å²) in [5.74, 6) is 0.0912. The molecule has 0 spiro atoms. The first-order chi connectivity index (χ1) is 8.54. The zero-order chi connectivity index (χ0) is 13.1. The van der Waals surface area contributed by atoms with Gasteiger partial charge in [-0.25, -0.2) is 4.79 Å². The monoisotopic (exact) mass is 254 g/mol. The average Bonchev–Trinajstić information content (AvgIpc) is 2.65. The Kier molecular flexibility index (Phi) is 3.45. The highest BCUT2D eigenvalue weighted by Crippen LogP contribution is 2.18. The number of carboxylic acid groups (broad SMARTS) is 1. The topological polar surface area (TPSA) is 109 Å². The smallest absolute Gasteiger partial charge is 0.317 e. The molecule has 8 heteroatoms. The quantitative estimate of drug-likeness (QED) is 0.782. The van der Waals surface area contributed by atoms with Crippen LogP contribution in [0.25, 0.3) is 0 Å². The van der Waals surface area contributed by atoms with E-state index in [2.05, 4.69) is 15.5 Å². The van der Waals surface area contributed by atoms with Gasteiger partial charge < -0.3 is 19.8 Å². The minimum atomic E-state index is -0.832. The van der Waals surface area contributed by atoms with Gasteiger partial charge in [0.05, 0.1) is 13.0 Å². The van der Waals surface area contributed by atoms with Gasteiger partial charge in [0.15, 0.2) is 5.82 Å². The van der Waals surface area contributed by atoms with Crippen LogP contribution in [0.5, 0.6) is 0 Å².